The molecule has 1 fully saturated rings. The van der Waals surface area contributed by atoms with E-state index >= 15 is 4.57 Å². The molecule has 0 spiro atoms. The molecule has 0 amide bonds. The number of aliphatic hydroxyl groups is 4. The van der Waals surface area contributed by atoms with Gasteiger partial charge in [0.05, 0.1) is 37.5 Å². The molecular formula is C40H43N2O6P. The first kappa shape index (κ1) is 34.7. The molecule has 1 heterocycles. The van der Waals surface area contributed by atoms with E-state index in [0.717, 1.165) is 22.3 Å². The lowest BCUT2D eigenvalue weighted by Gasteiger charge is -2.42. The van der Waals surface area contributed by atoms with Crippen molar-refractivity contribution >= 4 is 7.67 Å². The summed E-state index contributed by atoms with van der Waals surface area (Å²) in [5.74, 6) is 0.386. The van der Waals surface area contributed by atoms with Crippen LogP contribution < -0.4 is 4.52 Å². The third kappa shape index (κ3) is 8.20. The van der Waals surface area contributed by atoms with Crippen molar-refractivity contribution in [2.45, 2.75) is 63.4 Å². The average molecular weight is 679 g/mol. The lowest BCUT2D eigenvalue weighted by Crippen LogP contribution is -2.50. The SMILES string of the molecule is O=P1(Oc2ccccc2)N(Cc2cccc(CO)c2)[C@@H](Cc2ccccc2)[C@@H](O)[C@H](O)[C@H](Cc2ccccc2)N1Cc1cccc(CO)c1. The fraction of sp³-hybridized carbons (Fsp3) is 0.250. The fourth-order valence-corrected chi connectivity index (χ4v) is 9.43. The topological polar surface area (TPSA) is 114 Å². The van der Waals surface area contributed by atoms with Gasteiger partial charge < -0.3 is 24.9 Å². The molecule has 8 nitrogen and oxygen atoms in total. The van der Waals surface area contributed by atoms with E-state index in [1.54, 1.807) is 21.5 Å². The number of benzene rings is 5. The van der Waals surface area contributed by atoms with Crippen molar-refractivity contribution in [2.75, 3.05) is 0 Å². The van der Waals surface area contributed by atoms with Crippen LogP contribution in [0.15, 0.2) is 140 Å². The zero-order valence-corrected chi connectivity index (χ0v) is 28.2. The van der Waals surface area contributed by atoms with Crippen LogP contribution in [-0.2, 0) is 43.7 Å². The Hall–Kier alpha value is -4.11. The smallest absolute Gasteiger partial charge is 0.397 e. The molecule has 1 aliphatic heterocycles. The van der Waals surface area contributed by atoms with Crippen LogP contribution >= 0.6 is 7.67 Å². The lowest BCUT2D eigenvalue weighted by atomic mass is 9.91. The van der Waals surface area contributed by atoms with Gasteiger partial charge in [-0.05, 0) is 58.4 Å². The third-order valence-corrected chi connectivity index (χ3v) is 11.8. The molecule has 0 unspecified atom stereocenters. The maximum Gasteiger partial charge on any atom is 0.397 e. The molecule has 0 aromatic heterocycles. The molecule has 5 aromatic carbocycles. The van der Waals surface area contributed by atoms with Crippen molar-refractivity contribution in [3.8, 4) is 5.75 Å². The van der Waals surface area contributed by atoms with Crippen molar-refractivity contribution < 1.29 is 29.5 Å². The highest BCUT2D eigenvalue weighted by molar-refractivity contribution is 7.54. The molecule has 9 heteroatoms. The highest BCUT2D eigenvalue weighted by Gasteiger charge is 2.55. The van der Waals surface area contributed by atoms with Crippen molar-refractivity contribution in [3.05, 3.63) is 173 Å². The molecule has 0 aliphatic carbocycles. The molecule has 254 valence electrons. The molecule has 4 N–H and O–H groups in total. The summed E-state index contributed by atoms with van der Waals surface area (Å²) in [6.07, 6.45) is -2.08. The highest BCUT2D eigenvalue weighted by atomic mass is 31.2. The summed E-state index contributed by atoms with van der Waals surface area (Å²) in [5, 5.41) is 44.5. The summed E-state index contributed by atoms with van der Waals surface area (Å²) >= 11 is 0. The predicted molar refractivity (Wildman–Crippen MR) is 190 cm³/mol. The van der Waals surface area contributed by atoms with Crippen molar-refractivity contribution in [1.29, 1.82) is 0 Å². The Labute approximate surface area is 288 Å². The molecular weight excluding hydrogens is 635 g/mol. The van der Waals surface area contributed by atoms with E-state index in [0.29, 0.717) is 16.9 Å². The van der Waals surface area contributed by atoms with Crippen LogP contribution in [0.1, 0.15) is 33.4 Å². The molecule has 5 aromatic rings. The number of aliphatic hydroxyl groups excluding tert-OH is 4. The Kier molecular flexibility index (Phi) is 11.4. The van der Waals surface area contributed by atoms with Crippen molar-refractivity contribution in [1.82, 2.24) is 9.34 Å². The average Bonchev–Trinajstić information content (AvgIpc) is 3.19. The van der Waals surface area contributed by atoms with E-state index < -0.39 is 32.0 Å². The molecule has 1 aliphatic rings. The van der Waals surface area contributed by atoms with Crippen LogP contribution in [0.2, 0.25) is 0 Å². The van der Waals surface area contributed by atoms with E-state index in [9.17, 15) is 20.4 Å². The first-order valence-electron chi connectivity index (χ1n) is 16.6. The van der Waals surface area contributed by atoms with Crippen molar-refractivity contribution in [2.24, 2.45) is 0 Å². The standard InChI is InChI=1S/C40H43N2O6P/c43-28-34-18-10-16-32(22-34)26-41-37(24-30-12-4-1-5-13-30)39(45)40(46)38(25-31-14-6-2-7-15-31)42(27-33-17-11-19-35(23-33)29-44)49(41,47)48-36-20-8-3-9-21-36/h1-23,37-40,43-46H,24-29H2/t37-,38-,39+,40+/m0/s1. The van der Waals surface area contributed by atoms with Gasteiger partial charge in [-0.25, -0.2) is 4.57 Å². The van der Waals surface area contributed by atoms with E-state index in [1.165, 1.54) is 0 Å². The van der Waals surface area contributed by atoms with Crippen LogP contribution in [0.4, 0.5) is 0 Å². The Balaban J connectivity index is 1.57. The van der Waals surface area contributed by atoms with Crippen LogP contribution in [0.3, 0.4) is 0 Å². The maximum absolute atomic E-state index is 16.4. The van der Waals surface area contributed by atoms with E-state index in [4.69, 9.17) is 4.52 Å². The minimum absolute atomic E-state index is 0.102. The number of hydrogen-bond acceptors (Lipinski definition) is 6. The Morgan fingerprint density at radius 1 is 0.510 bits per heavy atom. The molecule has 0 radical (unpaired) electrons. The minimum atomic E-state index is -4.22. The highest BCUT2D eigenvalue weighted by Crippen LogP contribution is 2.60. The monoisotopic (exact) mass is 678 g/mol. The van der Waals surface area contributed by atoms with Crippen LogP contribution in [-0.4, -0.2) is 54.1 Å². The molecule has 0 saturated carbocycles. The number of hydrogen-bond donors (Lipinski definition) is 4. The van der Waals surface area contributed by atoms with Gasteiger partial charge in [-0.3, -0.25) is 0 Å². The van der Waals surface area contributed by atoms with Gasteiger partial charge in [0.15, 0.2) is 0 Å². The molecule has 49 heavy (non-hydrogen) atoms. The molecule has 6 rings (SSSR count). The second-order valence-electron chi connectivity index (χ2n) is 12.5. The summed E-state index contributed by atoms with van der Waals surface area (Å²) in [5.41, 5.74) is 4.75. The predicted octanol–water partition coefficient (Wildman–Crippen LogP) is 6.12. The Bertz CT molecular complexity index is 1720. The number of rotatable bonds is 12. The van der Waals surface area contributed by atoms with E-state index in [2.05, 4.69) is 0 Å². The summed E-state index contributed by atoms with van der Waals surface area (Å²) in [6, 6.07) is 41.5. The minimum Gasteiger partial charge on any atom is -0.422 e. The quantitative estimate of drug-likeness (QED) is 0.117. The van der Waals surface area contributed by atoms with Crippen LogP contribution in [0.25, 0.3) is 0 Å². The molecule has 4 atom stereocenters. The number of para-hydroxylation sites is 1. The van der Waals surface area contributed by atoms with Gasteiger partial charge in [-0.2, -0.15) is 9.34 Å². The van der Waals surface area contributed by atoms with Crippen LogP contribution in [0, 0.1) is 0 Å². The maximum atomic E-state index is 16.4. The van der Waals surface area contributed by atoms with Gasteiger partial charge in [0, 0.05) is 13.1 Å². The second-order valence-corrected chi connectivity index (χ2v) is 14.7. The first-order valence-corrected chi connectivity index (χ1v) is 18.1. The molecule has 0 bridgehead atoms. The Morgan fingerprint density at radius 3 is 1.29 bits per heavy atom. The molecule has 1 saturated heterocycles. The second kappa shape index (κ2) is 16.1. The van der Waals surface area contributed by atoms with Gasteiger partial charge in [0.25, 0.3) is 0 Å². The first-order chi connectivity index (χ1) is 23.9. The largest absolute Gasteiger partial charge is 0.422 e. The summed E-state index contributed by atoms with van der Waals surface area (Å²) in [6.45, 7) is -0.116. The van der Waals surface area contributed by atoms with Gasteiger partial charge in [0.1, 0.15) is 5.75 Å². The van der Waals surface area contributed by atoms with E-state index in [1.807, 2.05) is 127 Å². The summed E-state index contributed by atoms with van der Waals surface area (Å²) in [7, 11) is -4.22. The summed E-state index contributed by atoms with van der Waals surface area (Å²) < 4.78 is 26.6. The summed E-state index contributed by atoms with van der Waals surface area (Å²) in [4.78, 5) is 0. The number of nitrogens with zero attached hydrogens (tertiary/aromatic N) is 2. The third-order valence-electron chi connectivity index (χ3n) is 9.13. The van der Waals surface area contributed by atoms with Gasteiger partial charge in [-0.1, -0.05) is 127 Å². The normalized spacial score (nSPS) is 23.2. The lowest BCUT2D eigenvalue weighted by molar-refractivity contribution is -0.0408. The zero-order chi connectivity index (χ0) is 34.2. The van der Waals surface area contributed by atoms with Crippen molar-refractivity contribution in [3.63, 3.8) is 0 Å². The fourth-order valence-electron chi connectivity index (χ4n) is 6.66. The van der Waals surface area contributed by atoms with Crippen LogP contribution in [0.5, 0.6) is 5.75 Å². The van der Waals surface area contributed by atoms with Gasteiger partial charge >= 0.3 is 7.67 Å². The Morgan fingerprint density at radius 2 is 0.878 bits per heavy atom. The van der Waals surface area contributed by atoms with Gasteiger partial charge in [0.2, 0.25) is 0 Å². The zero-order valence-electron chi connectivity index (χ0n) is 27.3. The van der Waals surface area contributed by atoms with E-state index in [-0.39, 0.29) is 39.1 Å². The van der Waals surface area contributed by atoms with Gasteiger partial charge in [-0.15, -0.1) is 0 Å².